The van der Waals surface area contributed by atoms with E-state index in [-0.39, 0.29) is 16.8 Å². The Bertz CT molecular complexity index is 646. The predicted octanol–water partition coefficient (Wildman–Crippen LogP) is 1.72. The molecule has 2 rings (SSSR count). The zero-order valence-electron chi connectivity index (χ0n) is 10.3. The van der Waals surface area contributed by atoms with Gasteiger partial charge in [0, 0.05) is 18.0 Å². The molecule has 4 N–H and O–H groups in total. The topological polar surface area (TPSA) is 88.8 Å². The van der Waals surface area contributed by atoms with Crippen molar-refractivity contribution in [2.24, 2.45) is 5.73 Å². The van der Waals surface area contributed by atoms with Crippen molar-refractivity contribution in [3.8, 4) is 11.3 Å². The van der Waals surface area contributed by atoms with Crippen LogP contribution in [0.25, 0.3) is 11.3 Å². The fourth-order valence-electron chi connectivity index (χ4n) is 1.43. The molecule has 21 heavy (non-hydrogen) atoms. The molecule has 0 unspecified atom stereocenters. The Morgan fingerprint density at radius 3 is 2.62 bits per heavy atom. The number of nitrogens with one attached hydrogen (secondary N) is 2. The van der Waals surface area contributed by atoms with E-state index < -0.39 is 11.9 Å². The Labute approximate surface area is 122 Å². The van der Waals surface area contributed by atoms with Crippen molar-refractivity contribution in [2.75, 3.05) is 5.43 Å². The van der Waals surface area contributed by atoms with Crippen molar-refractivity contribution in [3.05, 3.63) is 36.3 Å². The van der Waals surface area contributed by atoms with Gasteiger partial charge in [-0.2, -0.15) is 13.2 Å². The molecule has 0 amide bonds. The SMILES string of the molecule is NC(=S)NNc1nc(-c2cccnc2)cc(C(F)(F)F)n1. The van der Waals surface area contributed by atoms with Crippen LogP contribution >= 0.6 is 12.2 Å². The van der Waals surface area contributed by atoms with Crippen LogP contribution in [0.4, 0.5) is 19.1 Å². The lowest BCUT2D eigenvalue weighted by atomic mass is 10.2. The van der Waals surface area contributed by atoms with E-state index in [0.717, 1.165) is 6.07 Å². The number of alkyl halides is 3. The smallest absolute Gasteiger partial charge is 0.375 e. The molecule has 0 saturated carbocycles. The Hall–Kier alpha value is -2.49. The second-order valence-electron chi connectivity index (χ2n) is 3.82. The summed E-state index contributed by atoms with van der Waals surface area (Å²) in [6.45, 7) is 0. The van der Waals surface area contributed by atoms with Crippen molar-refractivity contribution >= 4 is 23.3 Å². The van der Waals surface area contributed by atoms with Gasteiger partial charge in [-0.25, -0.2) is 9.97 Å². The molecule has 0 radical (unpaired) electrons. The fourth-order valence-corrected chi connectivity index (χ4v) is 1.48. The number of nitrogens with two attached hydrogens (primary N) is 1. The van der Waals surface area contributed by atoms with Crippen molar-refractivity contribution in [1.82, 2.24) is 20.4 Å². The molecule has 6 nitrogen and oxygen atoms in total. The second-order valence-corrected chi connectivity index (χ2v) is 4.26. The zero-order valence-corrected chi connectivity index (χ0v) is 11.2. The van der Waals surface area contributed by atoms with Crippen LogP contribution < -0.4 is 16.6 Å². The summed E-state index contributed by atoms with van der Waals surface area (Å²) >= 11 is 4.54. The van der Waals surface area contributed by atoms with Crippen molar-refractivity contribution in [3.63, 3.8) is 0 Å². The fraction of sp³-hybridized carbons (Fsp3) is 0.0909. The summed E-state index contributed by atoms with van der Waals surface area (Å²) in [4.78, 5) is 11.1. The highest BCUT2D eigenvalue weighted by atomic mass is 32.1. The molecular formula is C11H9F3N6S. The predicted molar refractivity (Wildman–Crippen MR) is 73.8 cm³/mol. The van der Waals surface area contributed by atoms with Crippen LogP contribution in [0.3, 0.4) is 0 Å². The van der Waals surface area contributed by atoms with E-state index in [4.69, 9.17) is 5.73 Å². The number of halogens is 3. The summed E-state index contributed by atoms with van der Waals surface area (Å²) in [5.41, 5.74) is 9.16. The summed E-state index contributed by atoms with van der Waals surface area (Å²) in [6, 6.07) is 4.01. The number of hydrogen-bond acceptors (Lipinski definition) is 5. The van der Waals surface area contributed by atoms with E-state index in [2.05, 4.69) is 38.0 Å². The number of hydrogen-bond donors (Lipinski definition) is 3. The van der Waals surface area contributed by atoms with Crippen LogP contribution in [-0.2, 0) is 6.18 Å². The monoisotopic (exact) mass is 314 g/mol. The van der Waals surface area contributed by atoms with Gasteiger partial charge in [-0.3, -0.25) is 15.8 Å². The number of rotatable bonds is 3. The Balaban J connectivity index is 2.45. The molecule has 0 aliphatic carbocycles. The van der Waals surface area contributed by atoms with Crippen LogP contribution in [0.2, 0.25) is 0 Å². The summed E-state index contributed by atoms with van der Waals surface area (Å²) < 4.78 is 38.6. The Morgan fingerprint density at radius 2 is 2.05 bits per heavy atom. The quantitative estimate of drug-likeness (QED) is 0.587. The maximum Gasteiger partial charge on any atom is 0.433 e. The lowest BCUT2D eigenvalue weighted by Gasteiger charge is -2.12. The zero-order chi connectivity index (χ0) is 15.5. The molecule has 2 aromatic rings. The molecule has 0 aliphatic rings. The third kappa shape index (κ3) is 3.99. The van der Waals surface area contributed by atoms with Gasteiger partial charge < -0.3 is 5.73 Å². The number of aromatic nitrogens is 3. The highest BCUT2D eigenvalue weighted by molar-refractivity contribution is 7.80. The van der Waals surface area contributed by atoms with Gasteiger partial charge in [0.05, 0.1) is 5.69 Å². The Morgan fingerprint density at radius 1 is 1.29 bits per heavy atom. The minimum Gasteiger partial charge on any atom is -0.375 e. The van der Waals surface area contributed by atoms with Crippen LogP contribution in [0.1, 0.15) is 5.69 Å². The molecule has 2 heterocycles. The lowest BCUT2D eigenvalue weighted by molar-refractivity contribution is -0.141. The molecule has 110 valence electrons. The largest absolute Gasteiger partial charge is 0.433 e. The first-order valence-corrected chi connectivity index (χ1v) is 5.95. The molecule has 0 saturated heterocycles. The number of pyridine rings is 1. The maximum absolute atomic E-state index is 12.9. The summed E-state index contributed by atoms with van der Waals surface area (Å²) in [6.07, 6.45) is -1.71. The van der Waals surface area contributed by atoms with E-state index >= 15 is 0 Å². The molecule has 0 atom stereocenters. The lowest BCUT2D eigenvalue weighted by Crippen LogP contribution is -2.35. The standard InChI is InChI=1S/C11H9F3N6S/c12-11(13,14)8-4-7(6-2-1-3-16-5-6)17-10(18-8)20-19-9(15)21/h1-5H,(H3,15,19,21)(H,17,18,20). The van der Waals surface area contributed by atoms with Crippen LogP contribution in [0.15, 0.2) is 30.6 Å². The van der Waals surface area contributed by atoms with E-state index in [9.17, 15) is 13.2 Å². The van der Waals surface area contributed by atoms with Crippen LogP contribution in [0, 0.1) is 0 Å². The average Bonchev–Trinajstić information content (AvgIpc) is 2.45. The minimum atomic E-state index is -4.61. The number of nitrogens with zero attached hydrogens (tertiary/aromatic N) is 3. The van der Waals surface area contributed by atoms with Crippen molar-refractivity contribution < 1.29 is 13.2 Å². The molecule has 0 aromatic carbocycles. The van der Waals surface area contributed by atoms with Gasteiger partial charge in [0.15, 0.2) is 10.8 Å². The van der Waals surface area contributed by atoms with E-state index in [0.29, 0.717) is 5.56 Å². The third-order valence-electron chi connectivity index (χ3n) is 2.27. The molecule has 0 fully saturated rings. The first-order valence-electron chi connectivity index (χ1n) is 5.54. The molecule has 0 spiro atoms. The van der Waals surface area contributed by atoms with Gasteiger partial charge in [0.2, 0.25) is 5.95 Å². The van der Waals surface area contributed by atoms with E-state index in [1.807, 2.05) is 0 Å². The Kier molecular flexibility index (Phi) is 4.17. The number of thiocarbonyl (C=S) groups is 1. The first-order chi connectivity index (χ1) is 9.86. The molecular weight excluding hydrogens is 305 g/mol. The third-order valence-corrected chi connectivity index (χ3v) is 2.37. The molecule has 0 aliphatic heterocycles. The highest BCUT2D eigenvalue weighted by Gasteiger charge is 2.33. The summed E-state index contributed by atoms with van der Waals surface area (Å²) in [5, 5.41) is -0.154. The van der Waals surface area contributed by atoms with Crippen LogP contribution in [-0.4, -0.2) is 20.1 Å². The summed E-state index contributed by atoms with van der Waals surface area (Å²) in [5.74, 6) is -0.309. The number of anilines is 1. The first kappa shape index (κ1) is 14.9. The number of hydrazine groups is 1. The van der Waals surface area contributed by atoms with E-state index in [1.54, 1.807) is 12.1 Å². The molecule has 10 heteroatoms. The van der Waals surface area contributed by atoms with Gasteiger partial charge >= 0.3 is 6.18 Å². The van der Waals surface area contributed by atoms with Crippen molar-refractivity contribution in [2.45, 2.75) is 6.18 Å². The van der Waals surface area contributed by atoms with Gasteiger partial charge in [-0.05, 0) is 30.4 Å². The normalized spacial score (nSPS) is 11.0. The van der Waals surface area contributed by atoms with E-state index in [1.165, 1.54) is 12.4 Å². The van der Waals surface area contributed by atoms with Gasteiger partial charge in [-0.1, -0.05) is 0 Å². The second kappa shape index (κ2) is 5.87. The van der Waals surface area contributed by atoms with Crippen molar-refractivity contribution in [1.29, 1.82) is 0 Å². The minimum absolute atomic E-state index is 0.0673. The van der Waals surface area contributed by atoms with Gasteiger partial charge in [-0.15, -0.1) is 0 Å². The van der Waals surface area contributed by atoms with Crippen LogP contribution in [0.5, 0.6) is 0 Å². The maximum atomic E-state index is 12.9. The molecule has 2 aromatic heterocycles. The van der Waals surface area contributed by atoms with Gasteiger partial charge in [0.25, 0.3) is 0 Å². The average molecular weight is 314 g/mol. The molecule has 0 bridgehead atoms. The van der Waals surface area contributed by atoms with Gasteiger partial charge in [0.1, 0.15) is 0 Å². The highest BCUT2D eigenvalue weighted by Crippen LogP contribution is 2.30. The summed E-state index contributed by atoms with van der Waals surface area (Å²) in [7, 11) is 0.